The van der Waals surface area contributed by atoms with Gasteiger partial charge in [-0.05, 0) is 40.7 Å². The lowest BCUT2D eigenvalue weighted by Gasteiger charge is -2.13. The normalized spacial score (nSPS) is 10.9. The molecule has 0 spiro atoms. The van der Waals surface area contributed by atoms with E-state index in [2.05, 4.69) is 44.7 Å². The van der Waals surface area contributed by atoms with Crippen LogP contribution in [0.3, 0.4) is 0 Å². The third kappa shape index (κ3) is 4.72. The molecule has 1 aromatic heterocycles. The molecule has 0 saturated heterocycles. The molecule has 8 heteroatoms. The monoisotopic (exact) mass is 424 g/mol. The minimum absolute atomic E-state index is 0.0169. The molecule has 0 unspecified atom stereocenters. The minimum Gasteiger partial charge on any atom is -0.433 e. The average Bonchev–Trinajstić information content (AvgIpc) is 3.16. The third-order valence-corrected chi connectivity index (χ3v) is 4.66. The van der Waals surface area contributed by atoms with Gasteiger partial charge in [-0.25, -0.2) is 0 Å². The number of fused-ring (bicyclic) bond motifs is 1. The first kappa shape index (κ1) is 19.8. The van der Waals surface area contributed by atoms with E-state index in [0.29, 0.717) is 17.9 Å². The Morgan fingerprint density at radius 2 is 1.77 bits per heavy atom. The van der Waals surface area contributed by atoms with E-state index >= 15 is 0 Å². The second-order valence-corrected chi connectivity index (χ2v) is 6.93. The number of nitrogens with one attached hydrogen (secondary N) is 2. The Bertz CT molecular complexity index is 1170. The van der Waals surface area contributed by atoms with Crippen LogP contribution in [0.25, 0.3) is 10.8 Å². The van der Waals surface area contributed by atoms with Crippen molar-refractivity contribution in [1.29, 1.82) is 0 Å². The van der Waals surface area contributed by atoms with Crippen LogP contribution in [-0.2, 0) is 6.54 Å². The second-order valence-electron chi connectivity index (χ2n) is 6.52. The van der Waals surface area contributed by atoms with E-state index in [1.54, 1.807) is 29.1 Å². The molecule has 1 heterocycles. The number of hydrogen-bond acceptors (Lipinski definition) is 3. The summed E-state index contributed by atoms with van der Waals surface area (Å²) in [7, 11) is 0. The summed E-state index contributed by atoms with van der Waals surface area (Å²) in [4.78, 5) is 0. The van der Waals surface area contributed by atoms with E-state index in [4.69, 9.17) is 12.2 Å². The first-order valence-electron chi connectivity index (χ1n) is 9.19. The summed E-state index contributed by atoms with van der Waals surface area (Å²) >= 11 is 5.29. The first-order chi connectivity index (χ1) is 14.6. The number of hydrogen-bond donors (Lipinski definition) is 2. The number of ether oxygens (including phenoxy) is 1. The molecule has 4 aromatic rings. The van der Waals surface area contributed by atoms with Crippen LogP contribution in [0.2, 0.25) is 0 Å². The second kappa shape index (κ2) is 8.87. The van der Waals surface area contributed by atoms with Crippen LogP contribution in [0, 0.1) is 0 Å². The Kier molecular flexibility index (Phi) is 5.85. The lowest BCUT2D eigenvalue weighted by atomic mass is 10.0. The van der Waals surface area contributed by atoms with Crippen molar-refractivity contribution in [3.05, 3.63) is 84.7 Å². The van der Waals surface area contributed by atoms with E-state index in [1.807, 2.05) is 24.4 Å². The van der Waals surface area contributed by atoms with Gasteiger partial charge in [0, 0.05) is 6.20 Å². The molecule has 0 aliphatic carbocycles. The SMILES string of the molecule is FC(F)Oc1ccccc1NC(=S)Nc1cnn(Cc2cccc3ccccc23)c1. The maximum atomic E-state index is 12.6. The van der Waals surface area contributed by atoms with Crippen molar-refractivity contribution >= 4 is 39.5 Å². The highest BCUT2D eigenvalue weighted by Crippen LogP contribution is 2.26. The lowest BCUT2D eigenvalue weighted by Crippen LogP contribution is -2.19. The number of rotatable bonds is 6. The fourth-order valence-electron chi connectivity index (χ4n) is 3.17. The standard InChI is InChI=1S/C22H18F2N4OS/c23-21(24)29-20-11-4-3-10-19(20)27-22(30)26-17-12-25-28(14-17)13-16-8-5-7-15-6-1-2-9-18(15)16/h1-12,14,21H,13H2,(H2,26,27,30). The zero-order valence-electron chi connectivity index (χ0n) is 15.8. The van der Waals surface area contributed by atoms with Crippen LogP contribution in [0.4, 0.5) is 20.2 Å². The molecule has 30 heavy (non-hydrogen) atoms. The van der Waals surface area contributed by atoms with Crippen LogP contribution in [0.15, 0.2) is 79.1 Å². The van der Waals surface area contributed by atoms with Crippen molar-refractivity contribution < 1.29 is 13.5 Å². The Morgan fingerprint density at radius 1 is 1.00 bits per heavy atom. The van der Waals surface area contributed by atoms with E-state index in [0.717, 1.165) is 5.56 Å². The highest BCUT2D eigenvalue weighted by Gasteiger charge is 2.11. The summed E-state index contributed by atoms with van der Waals surface area (Å²) in [6.45, 7) is -2.31. The molecule has 0 atom stereocenters. The quantitative estimate of drug-likeness (QED) is 0.401. The lowest BCUT2D eigenvalue weighted by molar-refractivity contribution is -0.0493. The number of aromatic nitrogens is 2. The van der Waals surface area contributed by atoms with Crippen LogP contribution in [-0.4, -0.2) is 21.5 Å². The van der Waals surface area contributed by atoms with Gasteiger partial charge in [0.15, 0.2) is 5.11 Å². The number of thiocarbonyl (C=S) groups is 1. The van der Waals surface area contributed by atoms with Crippen molar-refractivity contribution in [3.8, 4) is 5.75 Å². The molecule has 0 aliphatic rings. The molecular formula is C22H18F2N4OS. The van der Waals surface area contributed by atoms with Crippen LogP contribution in [0.5, 0.6) is 5.75 Å². The maximum absolute atomic E-state index is 12.6. The molecule has 0 radical (unpaired) electrons. The van der Waals surface area contributed by atoms with Gasteiger partial charge >= 0.3 is 6.61 Å². The smallest absolute Gasteiger partial charge is 0.387 e. The van der Waals surface area contributed by atoms with E-state index in [1.165, 1.54) is 16.8 Å². The predicted molar refractivity (Wildman–Crippen MR) is 118 cm³/mol. The summed E-state index contributed by atoms with van der Waals surface area (Å²) in [5.41, 5.74) is 2.18. The van der Waals surface area contributed by atoms with Crippen molar-refractivity contribution in [3.63, 3.8) is 0 Å². The van der Waals surface area contributed by atoms with Gasteiger partial charge in [-0.2, -0.15) is 13.9 Å². The van der Waals surface area contributed by atoms with Crippen LogP contribution < -0.4 is 15.4 Å². The van der Waals surface area contributed by atoms with Crippen LogP contribution >= 0.6 is 12.2 Å². The number of para-hydroxylation sites is 2. The summed E-state index contributed by atoms with van der Waals surface area (Å²) in [6.07, 6.45) is 3.48. The van der Waals surface area contributed by atoms with Gasteiger partial charge in [0.2, 0.25) is 0 Å². The summed E-state index contributed by atoms with van der Waals surface area (Å²) in [5.74, 6) is 0.0169. The Hall–Kier alpha value is -3.52. The highest BCUT2D eigenvalue weighted by atomic mass is 32.1. The largest absolute Gasteiger partial charge is 0.433 e. The molecule has 0 aliphatic heterocycles. The molecule has 3 aromatic carbocycles. The Balaban J connectivity index is 1.43. The number of anilines is 2. The summed E-state index contributed by atoms with van der Waals surface area (Å²) in [6, 6.07) is 20.7. The first-order valence-corrected chi connectivity index (χ1v) is 9.60. The predicted octanol–water partition coefficient (Wildman–Crippen LogP) is 5.49. The van der Waals surface area contributed by atoms with E-state index < -0.39 is 6.61 Å². The molecule has 0 amide bonds. The molecule has 4 rings (SSSR count). The molecule has 0 saturated carbocycles. The fourth-order valence-corrected chi connectivity index (χ4v) is 3.40. The van der Waals surface area contributed by atoms with Gasteiger partial charge < -0.3 is 15.4 Å². The number of alkyl halides is 2. The Labute approximate surface area is 177 Å². The van der Waals surface area contributed by atoms with E-state index in [-0.39, 0.29) is 10.9 Å². The zero-order chi connectivity index (χ0) is 20.9. The van der Waals surface area contributed by atoms with Crippen molar-refractivity contribution in [2.45, 2.75) is 13.2 Å². The number of benzene rings is 3. The molecule has 2 N–H and O–H groups in total. The van der Waals surface area contributed by atoms with Gasteiger partial charge in [-0.3, -0.25) is 4.68 Å². The highest BCUT2D eigenvalue weighted by molar-refractivity contribution is 7.80. The van der Waals surface area contributed by atoms with Gasteiger partial charge in [-0.15, -0.1) is 0 Å². The summed E-state index contributed by atoms with van der Waals surface area (Å²) in [5, 5.41) is 12.9. The van der Waals surface area contributed by atoms with Gasteiger partial charge in [0.25, 0.3) is 0 Å². The molecular weight excluding hydrogens is 406 g/mol. The number of nitrogens with zero attached hydrogens (tertiary/aromatic N) is 2. The van der Waals surface area contributed by atoms with Crippen molar-refractivity contribution in [2.75, 3.05) is 10.6 Å². The van der Waals surface area contributed by atoms with Gasteiger partial charge in [-0.1, -0.05) is 54.6 Å². The average molecular weight is 424 g/mol. The third-order valence-electron chi connectivity index (χ3n) is 4.45. The molecule has 5 nitrogen and oxygen atoms in total. The zero-order valence-corrected chi connectivity index (χ0v) is 16.6. The number of halogens is 2. The van der Waals surface area contributed by atoms with Gasteiger partial charge in [0.05, 0.1) is 24.1 Å². The van der Waals surface area contributed by atoms with Crippen molar-refractivity contribution in [1.82, 2.24) is 9.78 Å². The topological polar surface area (TPSA) is 51.1 Å². The van der Waals surface area contributed by atoms with Crippen molar-refractivity contribution in [2.24, 2.45) is 0 Å². The maximum Gasteiger partial charge on any atom is 0.387 e. The molecule has 0 fully saturated rings. The minimum atomic E-state index is -2.92. The Morgan fingerprint density at radius 3 is 2.63 bits per heavy atom. The van der Waals surface area contributed by atoms with E-state index in [9.17, 15) is 8.78 Å². The summed E-state index contributed by atoms with van der Waals surface area (Å²) < 4.78 is 31.4. The molecule has 152 valence electrons. The van der Waals surface area contributed by atoms with Crippen LogP contribution in [0.1, 0.15) is 5.56 Å². The van der Waals surface area contributed by atoms with Gasteiger partial charge in [0.1, 0.15) is 5.75 Å². The fraction of sp³-hybridized carbons (Fsp3) is 0.0909. The molecule has 0 bridgehead atoms.